The van der Waals surface area contributed by atoms with Crippen LogP contribution in [0.25, 0.3) is 0 Å². The summed E-state index contributed by atoms with van der Waals surface area (Å²) in [4.78, 5) is 0. The van der Waals surface area contributed by atoms with Crippen molar-refractivity contribution in [1.82, 2.24) is 0 Å². The number of ether oxygens (including phenoxy) is 3. The highest BCUT2D eigenvalue weighted by Gasteiger charge is 2.43. The molecular formula is C16H23NO4. The van der Waals surface area contributed by atoms with Crippen LogP contribution < -0.4 is 9.47 Å². The van der Waals surface area contributed by atoms with Crippen LogP contribution in [0.5, 0.6) is 5.75 Å². The highest BCUT2D eigenvalue weighted by atomic mass is 16.7. The van der Waals surface area contributed by atoms with Crippen molar-refractivity contribution in [3.63, 3.8) is 0 Å². The van der Waals surface area contributed by atoms with Crippen molar-refractivity contribution in [3.05, 3.63) is 28.2 Å². The molecule has 0 radical (unpaired) electrons. The van der Waals surface area contributed by atoms with Gasteiger partial charge in [-0.15, -0.1) is 0 Å². The van der Waals surface area contributed by atoms with Gasteiger partial charge in [0.2, 0.25) is 0 Å². The van der Waals surface area contributed by atoms with Crippen LogP contribution >= 0.6 is 0 Å². The van der Waals surface area contributed by atoms with Gasteiger partial charge in [0.05, 0.1) is 30.9 Å². The van der Waals surface area contributed by atoms with Crippen molar-refractivity contribution in [1.29, 1.82) is 0 Å². The number of aryl methyl sites for hydroxylation is 1. The number of rotatable bonds is 3. The third-order valence-corrected chi connectivity index (χ3v) is 4.63. The molecule has 0 N–H and O–H groups in total. The Labute approximate surface area is 125 Å². The Morgan fingerprint density at radius 2 is 1.95 bits per heavy atom. The lowest BCUT2D eigenvalue weighted by Gasteiger charge is -2.45. The fourth-order valence-electron chi connectivity index (χ4n) is 2.86. The summed E-state index contributed by atoms with van der Waals surface area (Å²) in [5, 5.41) is 11.7. The van der Waals surface area contributed by atoms with E-state index in [1.54, 1.807) is 6.20 Å². The lowest BCUT2D eigenvalue weighted by Crippen LogP contribution is -2.50. The van der Waals surface area contributed by atoms with Gasteiger partial charge in [0.15, 0.2) is 17.7 Å². The maximum atomic E-state index is 11.7. The van der Waals surface area contributed by atoms with E-state index in [1.165, 1.54) is 6.42 Å². The summed E-state index contributed by atoms with van der Waals surface area (Å²) in [6, 6.07) is 0. The molecule has 2 fully saturated rings. The molecule has 0 amide bonds. The molecule has 0 unspecified atom stereocenters. The van der Waals surface area contributed by atoms with E-state index in [2.05, 4.69) is 0 Å². The lowest BCUT2D eigenvalue weighted by molar-refractivity contribution is -0.613. The summed E-state index contributed by atoms with van der Waals surface area (Å²) in [5.41, 5.74) is 2.44. The van der Waals surface area contributed by atoms with Crippen molar-refractivity contribution in [2.75, 3.05) is 19.8 Å². The molecule has 3 rings (SSSR count). The summed E-state index contributed by atoms with van der Waals surface area (Å²) >= 11 is 0. The predicted octanol–water partition coefficient (Wildman–Crippen LogP) is 2.17. The minimum atomic E-state index is -0.278. The molecule has 5 heteroatoms. The summed E-state index contributed by atoms with van der Waals surface area (Å²) in [6.07, 6.45) is 4.79. The first-order chi connectivity index (χ1) is 10.0. The zero-order chi connectivity index (χ0) is 15.0. The molecule has 21 heavy (non-hydrogen) atoms. The molecule has 1 aromatic rings. The van der Waals surface area contributed by atoms with E-state index < -0.39 is 0 Å². The highest BCUT2D eigenvalue weighted by molar-refractivity contribution is 5.38. The van der Waals surface area contributed by atoms with Crippen molar-refractivity contribution >= 4 is 0 Å². The topological polar surface area (TPSA) is 54.6 Å². The Morgan fingerprint density at radius 3 is 2.52 bits per heavy atom. The molecular weight excluding hydrogens is 270 g/mol. The van der Waals surface area contributed by atoms with Crippen LogP contribution in [0.2, 0.25) is 0 Å². The molecule has 0 bridgehead atoms. The van der Waals surface area contributed by atoms with Crippen LogP contribution in [0.1, 0.15) is 36.1 Å². The molecule has 1 spiro atoms. The summed E-state index contributed by atoms with van der Waals surface area (Å²) in [7, 11) is 0. The van der Waals surface area contributed by atoms with Gasteiger partial charge in [-0.2, -0.15) is 4.73 Å². The smallest absolute Gasteiger partial charge is 0.196 e. The van der Waals surface area contributed by atoms with Crippen molar-refractivity contribution < 1.29 is 18.9 Å². The largest absolute Gasteiger partial charge is 0.618 e. The van der Waals surface area contributed by atoms with Crippen LogP contribution in [0, 0.1) is 31.9 Å². The maximum Gasteiger partial charge on any atom is 0.196 e. The molecule has 5 nitrogen and oxygen atoms in total. The molecule has 1 aliphatic heterocycles. The molecule has 2 heterocycles. The summed E-state index contributed by atoms with van der Waals surface area (Å²) in [5.74, 6) is 0.776. The van der Waals surface area contributed by atoms with E-state index in [9.17, 15) is 5.21 Å². The first-order valence-electron chi connectivity index (χ1n) is 7.61. The standard InChI is InChI=1S/C16H23NO4/c1-11-7-17(18)13(3)12(2)15(11)19-8-14-9-20-16(21-10-14)5-4-6-16/h7,14H,4-6,8-10H2,1-3H3. The van der Waals surface area contributed by atoms with E-state index in [0.29, 0.717) is 25.5 Å². The second-order valence-electron chi connectivity index (χ2n) is 6.24. The van der Waals surface area contributed by atoms with Gasteiger partial charge in [-0.25, -0.2) is 0 Å². The molecule has 1 aliphatic carbocycles. The maximum absolute atomic E-state index is 11.7. The minimum absolute atomic E-state index is 0.245. The van der Waals surface area contributed by atoms with Gasteiger partial charge in [-0.1, -0.05) is 0 Å². The number of pyridine rings is 1. The molecule has 1 saturated heterocycles. The van der Waals surface area contributed by atoms with Crippen molar-refractivity contribution in [2.24, 2.45) is 5.92 Å². The molecule has 0 atom stereocenters. The quantitative estimate of drug-likeness (QED) is 0.633. The van der Waals surface area contributed by atoms with Crippen molar-refractivity contribution in [3.8, 4) is 5.75 Å². The Morgan fingerprint density at radius 1 is 1.29 bits per heavy atom. The van der Waals surface area contributed by atoms with Crippen LogP contribution in [0.3, 0.4) is 0 Å². The zero-order valence-corrected chi connectivity index (χ0v) is 13.0. The van der Waals surface area contributed by atoms with Crippen LogP contribution in [0.4, 0.5) is 0 Å². The van der Waals surface area contributed by atoms with Gasteiger partial charge in [-0.3, -0.25) is 0 Å². The Bertz CT molecular complexity index is 530. The van der Waals surface area contributed by atoms with E-state index in [-0.39, 0.29) is 11.7 Å². The fourth-order valence-corrected chi connectivity index (χ4v) is 2.86. The van der Waals surface area contributed by atoms with Crippen LogP contribution in [-0.2, 0) is 9.47 Å². The number of aromatic nitrogens is 1. The van der Waals surface area contributed by atoms with Gasteiger partial charge in [0.25, 0.3) is 0 Å². The van der Waals surface area contributed by atoms with E-state index in [1.807, 2.05) is 20.8 Å². The SMILES string of the molecule is Cc1c[n+]([O-])c(C)c(C)c1OCC1COC2(CCC2)OC1. The van der Waals surface area contributed by atoms with Crippen LogP contribution in [-0.4, -0.2) is 25.6 Å². The highest BCUT2D eigenvalue weighted by Crippen LogP contribution is 2.39. The minimum Gasteiger partial charge on any atom is -0.618 e. The van der Waals surface area contributed by atoms with Gasteiger partial charge in [-0.05, 0) is 20.3 Å². The zero-order valence-electron chi connectivity index (χ0n) is 13.0. The average Bonchev–Trinajstić information content (AvgIpc) is 2.44. The van der Waals surface area contributed by atoms with Gasteiger partial charge < -0.3 is 19.4 Å². The summed E-state index contributed by atoms with van der Waals surface area (Å²) < 4.78 is 18.5. The molecule has 1 aromatic heterocycles. The summed E-state index contributed by atoms with van der Waals surface area (Å²) in [6.45, 7) is 7.55. The van der Waals surface area contributed by atoms with Crippen molar-refractivity contribution in [2.45, 2.75) is 45.8 Å². The Balaban J connectivity index is 1.60. The third-order valence-electron chi connectivity index (χ3n) is 4.63. The first kappa shape index (κ1) is 14.6. The first-order valence-corrected chi connectivity index (χ1v) is 7.61. The van der Waals surface area contributed by atoms with Gasteiger partial charge in [0.1, 0.15) is 5.75 Å². The molecule has 116 valence electrons. The number of hydrogen-bond donors (Lipinski definition) is 0. The van der Waals surface area contributed by atoms with Crippen LogP contribution in [0.15, 0.2) is 6.20 Å². The van der Waals surface area contributed by atoms with Gasteiger partial charge >= 0.3 is 0 Å². The van der Waals surface area contributed by atoms with E-state index in [4.69, 9.17) is 14.2 Å². The molecule has 2 aliphatic rings. The third kappa shape index (κ3) is 2.72. The number of hydrogen-bond acceptors (Lipinski definition) is 4. The second-order valence-corrected chi connectivity index (χ2v) is 6.24. The lowest BCUT2D eigenvalue weighted by atomic mass is 9.90. The predicted molar refractivity (Wildman–Crippen MR) is 77.1 cm³/mol. The Kier molecular flexibility index (Phi) is 3.80. The monoisotopic (exact) mass is 293 g/mol. The average molecular weight is 293 g/mol. The normalized spacial score (nSPS) is 21.3. The molecule has 1 saturated carbocycles. The molecule has 0 aromatic carbocycles. The Hall–Kier alpha value is -1.33. The van der Waals surface area contributed by atoms with E-state index in [0.717, 1.165) is 34.4 Å². The number of nitrogens with zero attached hydrogens (tertiary/aromatic N) is 1. The van der Waals surface area contributed by atoms with E-state index >= 15 is 0 Å². The fraction of sp³-hybridized carbons (Fsp3) is 0.688. The second kappa shape index (κ2) is 5.46. The van der Waals surface area contributed by atoms with Gasteiger partial charge in [0, 0.05) is 25.7 Å².